The molecule has 2 amide bonds. The summed E-state index contributed by atoms with van der Waals surface area (Å²) in [6.45, 7) is 6.62. The lowest BCUT2D eigenvalue weighted by Crippen LogP contribution is -2.51. The van der Waals surface area contributed by atoms with E-state index in [1.54, 1.807) is 23.4 Å². The number of carbonyl (C=O) groups excluding carboxylic acids is 2. The topological polar surface area (TPSA) is 106 Å². The molecule has 0 saturated carbocycles. The number of nitrogens with one attached hydrogen (secondary N) is 2. The number of aromatic nitrogens is 2. The van der Waals surface area contributed by atoms with Crippen LogP contribution in [-0.4, -0.2) is 58.8 Å². The molecule has 228 valence electrons. The normalized spacial score (nSPS) is 12.6. The lowest BCUT2D eigenvalue weighted by atomic mass is 10.0. The number of carbonyl (C=O) groups is 2. The summed E-state index contributed by atoms with van der Waals surface area (Å²) >= 11 is 2.89. The molecule has 0 unspecified atom stereocenters. The molecule has 2 N–H and O–H groups in total. The zero-order chi connectivity index (χ0) is 30.3. The maximum atomic E-state index is 12.9. The summed E-state index contributed by atoms with van der Waals surface area (Å²) in [5.74, 6) is 0.367. The molecule has 4 rings (SSSR count). The second-order valence-electron chi connectivity index (χ2n) is 10.8. The van der Waals surface area contributed by atoms with Crippen LogP contribution in [0.3, 0.4) is 0 Å². The molecule has 0 radical (unpaired) electrons. The molecule has 43 heavy (non-hydrogen) atoms. The van der Waals surface area contributed by atoms with E-state index < -0.39 is 12.2 Å². The Kier molecular flexibility index (Phi) is 13.0. The van der Waals surface area contributed by atoms with Crippen molar-refractivity contribution >= 4 is 34.9 Å². The SMILES string of the molecule is CC(C)CN(C[C@@H](Cc1ccccc1)NC(=O)OCc1cncs1)C[C@@H](Cc1ccccc1)NC(=O)OCc1cncs1. The van der Waals surface area contributed by atoms with Gasteiger partial charge in [0.1, 0.15) is 13.2 Å². The van der Waals surface area contributed by atoms with Gasteiger partial charge in [-0.2, -0.15) is 0 Å². The van der Waals surface area contributed by atoms with E-state index in [2.05, 4.69) is 63.6 Å². The van der Waals surface area contributed by atoms with Crippen molar-refractivity contribution in [3.63, 3.8) is 0 Å². The van der Waals surface area contributed by atoms with Crippen molar-refractivity contribution in [3.05, 3.63) is 105 Å². The van der Waals surface area contributed by atoms with E-state index in [1.165, 1.54) is 22.7 Å². The summed E-state index contributed by atoms with van der Waals surface area (Å²) in [6.07, 6.45) is 3.74. The van der Waals surface area contributed by atoms with Gasteiger partial charge in [-0.15, -0.1) is 22.7 Å². The molecule has 4 aromatic rings. The van der Waals surface area contributed by atoms with Gasteiger partial charge in [0.2, 0.25) is 0 Å². The molecular weight excluding hydrogens is 583 g/mol. The summed E-state index contributed by atoms with van der Waals surface area (Å²) < 4.78 is 11.0. The molecule has 0 aliphatic rings. The van der Waals surface area contributed by atoms with Crippen LogP contribution in [0, 0.1) is 5.92 Å². The van der Waals surface area contributed by atoms with Crippen molar-refractivity contribution < 1.29 is 19.1 Å². The monoisotopic (exact) mass is 621 g/mol. The van der Waals surface area contributed by atoms with Gasteiger partial charge in [0, 0.05) is 44.1 Å². The fraction of sp³-hybridized carbons (Fsp3) is 0.375. The number of ether oxygens (including phenoxy) is 2. The van der Waals surface area contributed by atoms with E-state index in [1.807, 2.05) is 36.4 Å². The Balaban J connectivity index is 1.46. The largest absolute Gasteiger partial charge is 0.444 e. The van der Waals surface area contributed by atoms with Gasteiger partial charge in [0.05, 0.1) is 20.8 Å². The first-order valence-electron chi connectivity index (χ1n) is 14.3. The predicted octanol–water partition coefficient (Wildman–Crippen LogP) is 5.93. The maximum absolute atomic E-state index is 12.9. The quantitative estimate of drug-likeness (QED) is 0.160. The van der Waals surface area contributed by atoms with Crippen molar-refractivity contribution in [1.82, 2.24) is 25.5 Å². The van der Waals surface area contributed by atoms with E-state index in [0.717, 1.165) is 27.4 Å². The zero-order valence-electron chi connectivity index (χ0n) is 24.6. The minimum atomic E-state index is -0.468. The van der Waals surface area contributed by atoms with Crippen LogP contribution in [0.4, 0.5) is 9.59 Å². The lowest BCUT2D eigenvalue weighted by molar-refractivity contribution is 0.125. The Morgan fingerprint density at radius 1 is 0.721 bits per heavy atom. The highest BCUT2D eigenvalue weighted by molar-refractivity contribution is 7.09. The van der Waals surface area contributed by atoms with Crippen LogP contribution >= 0.6 is 22.7 Å². The molecule has 0 spiro atoms. The Bertz CT molecular complexity index is 1240. The van der Waals surface area contributed by atoms with Gasteiger partial charge in [-0.3, -0.25) is 14.9 Å². The highest BCUT2D eigenvalue weighted by atomic mass is 32.1. The third-order valence-electron chi connectivity index (χ3n) is 6.53. The first-order chi connectivity index (χ1) is 20.9. The standard InChI is InChI=1S/C32H39N5O4S2/c1-24(2)17-37(18-27(13-25-9-5-3-6-10-25)35-31(38)40-20-29-15-33-22-42-29)19-28(14-26-11-7-4-8-12-26)36-32(39)41-21-30-16-34-23-43-30/h3-12,15-16,22-24,27-28H,13-14,17-21H2,1-2H3,(H,35,38)(H,36,39)/t27-,28-/m1/s1. The molecule has 0 fully saturated rings. The van der Waals surface area contributed by atoms with Crippen LogP contribution in [-0.2, 0) is 35.5 Å². The van der Waals surface area contributed by atoms with Crippen LogP contribution in [0.1, 0.15) is 34.7 Å². The number of benzene rings is 2. The van der Waals surface area contributed by atoms with Gasteiger partial charge >= 0.3 is 12.2 Å². The van der Waals surface area contributed by atoms with Crippen LogP contribution in [0.5, 0.6) is 0 Å². The molecule has 11 heteroatoms. The van der Waals surface area contributed by atoms with Crippen molar-refractivity contribution in [2.45, 2.75) is 52.0 Å². The molecule has 2 aromatic heterocycles. The average molecular weight is 622 g/mol. The van der Waals surface area contributed by atoms with E-state index in [4.69, 9.17) is 9.47 Å². The summed E-state index contributed by atoms with van der Waals surface area (Å²) in [5, 5.41) is 6.19. The number of rotatable bonds is 16. The predicted molar refractivity (Wildman–Crippen MR) is 170 cm³/mol. The van der Waals surface area contributed by atoms with Crippen molar-refractivity contribution in [1.29, 1.82) is 0 Å². The van der Waals surface area contributed by atoms with Crippen molar-refractivity contribution in [2.75, 3.05) is 19.6 Å². The van der Waals surface area contributed by atoms with E-state index in [9.17, 15) is 9.59 Å². The van der Waals surface area contributed by atoms with Crippen LogP contribution in [0.2, 0.25) is 0 Å². The van der Waals surface area contributed by atoms with Gasteiger partial charge in [-0.25, -0.2) is 9.59 Å². The number of hydrogen-bond donors (Lipinski definition) is 2. The lowest BCUT2D eigenvalue weighted by Gasteiger charge is -2.32. The van der Waals surface area contributed by atoms with E-state index in [0.29, 0.717) is 31.8 Å². The fourth-order valence-corrected chi connectivity index (χ4v) is 5.81. The second-order valence-corrected chi connectivity index (χ2v) is 12.7. The average Bonchev–Trinajstić information content (AvgIpc) is 3.70. The molecular formula is C32H39N5O4S2. The zero-order valence-corrected chi connectivity index (χ0v) is 26.2. The van der Waals surface area contributed by atoms with Gasteiger partial charge in [0.25, 0.3) is 0 Å². The molecule has 0 aliphatic carbocycles. The number of hydrogen-bond acceptors (Lipinski definition) is 9. The van der Waals surface area contributed by atoms with Crippen molar-refractivity contribution in [2.24, 2.45) is 5.92 Å². The number of thiazole rings is 2. The third kappa shape index (κ3) is 12.1. The number of alkyl carbamates (subject to hydrolysis) is 2. The molecule has 9 nitrogen and oxygen atoms in total. The Hall–Kier alpha value is -3.80. The van der Waals surface area contributed by atoms with Gasteiger partial charge in [0.15, 0.2) is 0 Å². The molecule has 2 atom stereocenters. The summed E-state index contributed by atoms with van der Waals surface area (Å²) in [7, 11) is 0. The first kappa shape index (κ1) is 32.1. The highest BCUT2D eigenvalue weighted by Crippen LogP contribution is 2.13. The summed E-state index contributed by atoms with van der Waals surface area (Å²) in [5.41, 5.74) is 5.66. The van der Waals surface area contributed by atoms with E-state index in [-0.39, 0.29) is 25.3 Å². The number of nitrogens with zero attached hydrogens (tertiary/aromatic N) is 3. The summed E-state index contributed by atoms with van der Waals surface area (Å²) in [4.78, 5) is 37.9. The summed E-state index contributed by atoms with van der Waals surface area (Å²) in [6, 6.07) is 19.8. The fourth-order valence-electron chi connectivity index (χ4n) is 4.80. The van der Waals surface area contributed by atoms with Gasteiger partial charge in [-0.05, 0) is 29.9 Å². The first-order valence-corrected chi connectivity index (χ1v) is 16.1. The third-order valence-corrected chi connectivity index (χ3v) is 8.04. The smallest absolute Gasteiger partial charge is 0.407 e. The highest BCUT2D eigenvalue weighted by Gasteiger charge is 2.23. The second kappa shape index (κ2) is 17.3. The van der Waals surface area contributed by atoms with E-state index >= 15 is 0 Å². The van der Waals surface area contributed by atoms with Crippen molar-refractivity contribution in [3.8, 4) is 0 Å². The molecule has 0 bridgehead atoms. The molecule has 0 aliphatic heterocycles. The minimum Gasteiger partial charge on any atom is -0.444 e. The van der Waals surface area contributed by atoms with Crippen LogP contribution in [0.25, 0.3) is 0 Å². The van der Waals surface area contributed by atoms with Gasteiger partial charge < -0.3 is 20.1 Å². The minimum absolute atomic E-state index is 0.178. The molecule has 2 aromatic carbocycles. The Morgan fingerprint density at radius 2 is 1.16 bits per heavy atom. The van der Waals surface area contributed by atoms with Crippen LogP contribution in [0.15, 0.2) is 84.1 Å². The van der Waals surface area contributed by atoms with Crippen LogP contribution < -0.4 is 10.6 Å². The maximum Gasteiger partial charge on any atom is 0.407 e. The number of amides is 2. The molecule has 0 saturated heterocycles. The van der Waals surface area contributed by atoms with Gasteiger partial charge in [-0.1, -0.05) is 74.5 Å². The molecule has 2 heterocycles. The Morgan fingerprint density at radius 3 is 1.53 bits per heavy atom. The Labute approximate surface area is 261 Å².